The molecule has 0 bridgehead atoms. The first-order chi connectivity index (χ1) is 28.0. The molecule has 324 valence electrons. The number of thioether (sulfide) groups is 2. The van der Waals surface area contributed by atoms with Crippen LogP contribution in [0.5, 0.6) is 34.5 Å². The fraction of sp³-hybridized carbons (Fsp3) is 0.674. The van der Waals surface area contributed by atoms with Gasteiger partial charge in [-0.3, -0.25) is 9.59 Å². The van der Waals surface area contributed by atoms with Gasteiger partial charge < -0.3 is 28.4 Å². The molecular weight excluding hydrogens is 837 g/mol. The van der Waals surface area contributed by atoms with Gasteiger partial charge in [0.05, 0.1) is 39.6 Å². The van der Waals surface area contributed by atoms with Crippen molar-refractivity contribution < 1.29 is 38.0 Å². The van der Waals surface area contributed by atoms with Gasteiger partial charge in [-0.05, 0) is 85.9 Å². The Balaban J connectivity index is 1.44. The topological polar surface area (TPSA) is 89.5 Å². The van der Waals surface area contributed by atoms with Crippen molar-refractivity contribution in [3.05, 3.63) is 36.4 Å². The molecule has 8 nitrogen and oxygen atoms in total. The summed E-state index contributed by atoms with van der Waals surface area (Å²) in [5.74, 6) is 11.8. The second-order valence-corrected chi connectivity index (χ2v) is 17.7. The van der Waals surface area contributed by atoms with E-state index in [0.29, 0.717) is 76.9 Å². The summed E-state index contributed by atoms with van der Waals surface area (Å²) < 4.78 is 35.4. The van der Waals surface area contributed by atoms with E-state index in [2.05, 4.69) is 50.5 Å². The second kappa shape index (κ2) is 36.5. The van der Waals surface area contributed by atoms with Crippen molar-refractivity contribution in [2.45, 2.75) is 96.3 Å². The van der Waals surface area contributed by atoms with E-state index in [0.717, 1.165) is 151 Å². The fourth-order valence-corrected chi connectivity index (χ4v) is 7.62. The van der Waals surface area contributed by atoms with Gasteiger partial charge in [-0.2, -0.15) is 74.0 Å². The number of ether oxygens (including phenoxy) is 6. The van der Waals surface area contributed by atoms with E-state index in [1.54, 1.807) is 23.5 Å². The molecule has 2 aromatic rings. The zero-order valence-corrected chi connectivity index (χ0v) is 39.1. The van der Waals surface area contributed by atoms with Crippen molar-refractivity contribution in [3.8, 4) is 34.5 Å². The van der Waals surface area contributed by atoms with E-state index in [9.17, 15) is 9.59 Å². The minimum Gasteiger partial charge on any atom is -0.493 e. The molecule has 0 unspecified atom stereocenters. The van der Waals surface area contributed by atoms with Crippen LogP contribution in [0.15, 0.2) is 36.4 Å². The number of carbonyl (C=O) groups is 2. The molecule has 2 aromatic carbocycles. The maximum absolute atomic E-state index is 12.4. The Morgan fingerprint density at radius 2 is 0.614 bits per heavy atom. The number of ketones is 2. The molecule has 0 aliphatic heterocycles. The number of Topliss-reactive ketones (excluding diaryl/α,β-unsaturated/α-hetero) is 2. The highest BCUT2D eigenvalue weighted by Crippen LogP contribution is 2.30. The summed E-state index contributed by atoms with van der Waals surface area (Å²) in [5, 5.41) is 0. The summed E-state index contributed by atoms with van der Waals surface area (Å²) in [7, 11) is 0. The predicted octanol–water partition coefficient (Wildman–Crippen LogP) is 10.8. The van der Waals surface area contributed by atoms with Crippen LogP contribution in [0.4, 0.5) is 0 Å². The Kier molecular flexibility index (Phi) is 33.2. The summed E-state index contributed by atoms with van der Waals surface area (Å²) in [4.78, 5) is 24.7. The predicted molar refractivity (Wildman–Crippen MR) is 255 cm³/mol. The summed E-state index contributed by atoms with van der Waals surface area (Å²) in [6.45, 7) is 3.59. The standard InChI is InChI=1S/C43H68O8S6/c44-36(14-28-56-26-10-20-50-42-32-38(46-16-6-22-52)30-39(33-42)47-17-7-23-53)12-4-2-1-3-5-13-37(45)15-29-57-27-11-21-51-43-34-40(48-18-8-24-54)31-41(35-43)49-19-9-25-55/h30-35,52-55H,1-29H2. The van der Waals surface area contributed by atoms with Crippen LogP contribution >= 0.6 is 74.0 Å². The zero-order valence-electron chi connectivity index (χ0n) is 33.8. The van der Waals surface area contributed by atoms with Gasteiger partial charge in [0.2, 0.25) is 0 Å². The lowest BCUT2D eigenvalue weighted by molar-refractivity contribution is -0.119. The first kappa shape index (κ1) is 51.8. The molecule has 2 rings (SSSR count). The van der Waals surface area contributed by atoms with Gasteiger partial charge in [0.15, 0.2) is 0 Å². The molecule has 0 heterocycles. The number of carbonyl (C=O) groups excluding carboxylic acids is 2. The molecule has 0 aliphatic carbocycles. The van der Waals surface area contributed by atoms with E-state index >= 15 is 0 Å². The summed E-state index contributed by atoms with van der Waals surface area (Å²) in [6.07, 6.45) is 12.9. The van der Waals surface area contributed by atoms with Gasteiger partial charge in [0.25, 0.3) is 0 Å². The molecule has 0 saturated carbocycles. The van der Waals surface area contributed by atoms with E-state index in [1.165, 1.54) is 0 Å². The molecule has 0 radical (unpaired) electrons. The molecule has 0 aromatic heterocycles. The monoisotopic (exact) mass is 904 g/mol. The molecular formula is C43H68O8S6. The van der Waals surface area contributed by atoms with Crippen molar-refractivity contribution in [2.75, 3.05) is 85.7 Å². The van der Waals surface area contributed by atoms with Crippen LogP contribution in [0.1, 0.15) is 96.3 Å². The number of hydrogen-bond donors (Lipinski definition) is 4. The third kappa shape index (κ3) is 28.7. The van der Waals surface area contributed by atoms with Crippen molar-refractivity contribution in [2.24, 2.45) is 0 Å². The quantitative estimate of drug-likeness (QED) is 0.0383. The van der Waals surface area contributed by atoms with Crippen LogP contribution in [-0.2, 0) is 9.59 Å². The Labute approximate surface area is 374 Å². The normalized spacial score (nSPS) is 11.0. The minimum absolute atomic E-state index is 0.344. The van der Waals surface area contributed by atoms with Gasteiger partial charge in [0.1, 0.15) is 46.1 Å². The molecule has 57 heavy (non-hydrogen) atoms. The molecule has 0 amide bonds. The lowest BCUT2D eigenvalue weighted by Crippen LogP contribution is -2.04. The van der Waals surface area contributed by atoms with E-state index in [1.807, 2.05) is 36.4 Å². The zero-order chi connectivity index (χ0) is 41.0. The summed E-state index contributed by atoms with van der Waals surface area (Å²) in [6, 6.07) is 11.4. The smallest absolute Gasteiger partial charge is 0.133 e. The summed E-state index contributed by atoms with van der Waals surface area (Å²) >= 11 is 20.6. The number of unbranched alkanes of at least 4 members (excludes halogenated alkanes) is 4. The number of benzene rings is 2. The van der Waals surface area contributed by atoms with Crippen molar-refractivity contribution >= 4 is 85.6 Å². The van der Waals surface area contributed by atoms with Gasteiger partial charge in [-0.15, -0.1) is 0 Å². The molecule has 0 fully saturated rings. The van der Waals surface area contributed by atoms with Gasteiger partial charge >= 0.3 is 0 Å². The Morgan fingerprint density at radius 3 is 0.895 bits per heavy atom. The second-order valence-electron chi connectivity index (χ2n) is 13.5. The minimum atomic E-state index is 0.344. The first-order valence-corrected chi connectivity index (χ1v) is 25.5. The van der Waals surface area contributed by atoms with E-state index < -0.39 is 0 Å². The first-order valence-electron chi connectivity index (χ1n) is 20.7. The van der Waals surface area contributed by atoms with Gasteiger partial charge in [-0.1, -0.05) is 19.3 Å². The average molecular weight is 905 g/mol. The van der Waals surface area contributed by atoms with Crippen LogP contribution in [0, 0.1) is 0 Å². The van der Waals surface area contributed by atoms with Gasteiger partial charge in [-0.25, -0.2) is 0 Å². The molecule has 0 aliphatic rings. The molecule has 14 heteroatoms. The highest BCUT2D eigenvalue weighted by atomic mass is 32.2. The lowest BCUT2D eigenvalue weighted by Gasteiger charge is -2.13. The van der Waals surface area contributed by atoms with Crippen LogP contribution in [-0.4, -0.2) is 97.2 Å². The average Bonchev–Trinajstić information content (AvgIpc) is 3.20. The fourth-order valence-electron chi connectivity index (χ4n) is 5.31. The Morgan fingerprint density at radius 1 is 0.351 bits per heavy atom. The molecule has 0 saturated heterocycles. The molecule has 0 N–H and O–H groups in total. The number of hydrogen-bond acceptors (Lipinski definition) is 14. The SMILES string of the molecule is O=C(CCCCCCCC(=O)CCSCCCOc1cc(OCCCS)cc(OCCCS)c1)CCSCCCOc1cc(OCCCS)cc(OCCCS)c1. The van der Waals surface area contributed by atoms with E-state index in [4.69, 9.17) is 28.4 Å². The maximum Gasteiger partial charge on any atom is 0.133 e. The van der Waals surface area contributed by atoms with Crippen LogP contribution in [0.3, 0.4) is 0 Å². The van der Waals surface area contributed by atoms with Crippen LogP contribution < -0.4 is 28.4 Å². The van der Waals surface area contributed by atoms with Crippen LogP contribution in [0.25, 0.3) is 0 Å². The van der Waals surface area contributed by atoms with Crippen molar-refractivity contribution in [1.82, 2.24) is 0 Å². The third-order valence-corrected chi connectivity index (χ3v) is 11.8. The maximum atomic E-state index is 12.4. The highest BCUT2D eigenvalue weighted by Gasteiger charge is 2.08. The Bertz CT molecular complexity index is 1170. The largest absolute Gasteiger partial charge is 0.493 e. The lowest BCUT2D eigenvalue weighted by atomic mass is 10.1. The van der Waals surface area contributed by atoms with E-state index in [-0.39, 0.29) is 0 Å². The third-order valence-electron chi connectivity index (χ3n) is 8.36. The highest BCUT2D eigenvalue weighted by molar-refractivity contribution is 7.99. The Hall–Kier alpha value is -1.32. The van der Waals surface area contributed by atoms with Crippen molar-refractivity contribution in [3.63, 3.8) is 0 Å². The number of rotatable bonds is 40. The number of thiol groups is 4. The molecule has 0 spiro atoms. The van der Waals surface area contributed by atoms with Crippen molar-refractivity contribution in [1.29, 1.82) is 0 Å². The summed E-state index contributed by atoms with van der Waals surface area (Å²) in [5.41, 5.74) is 0. The van der Waals surface area contributed by atoms with Gasteiger partial charge in [0, 0.05) is 73.6 Å². The molecule has 0 atom stereocenters. The van der Waals surface area contributed by atoms with Crippen LogP contribution in [0.2, 0.25) is 0 Å².